The second-order valence-electron chi connectivity index (χ2n) is 5.61. The number of aryl methyl sites for hydroxylation is 1. The molecular formula is C15H22N2O2. The molecule has 1 aromatic carbocycles. The second kappa shape index (κ2) is 5.61. The first kappa shape index (κ1) is 13.9. The Kier molecular flexibility index (Phi) is 4.10. The van der Waals surface area contributed by atoms with Gasteiger partial charge in [-0.05, 0) is 43.9 Å². The van der Waals surface area contributed by atoms with Crippen molar-refractivity contribution in [1.82, 2.24) is 5.32 Å². The van der Waals surface area contributed by atoms with E-state index in [0.29, 0.717) is 18.7 Å². The molecule has 1 saturated carbocycles. The zero-order valence-corrected chi connectivity index (χ0v) is 11.4. The number of benzene rings is 1. The number of aromatic hydroxyl groups is 1. The number of hydrogen-bond acceptors (Lipinski definition) is 3. The number of phenols is 1. The summed E-state index contributed by atoms with van der Waals surface area (Å²) in [5, 5.41) is 12.7. The highest BCUT2D eigenvalue weighted by Crippen LogP contribution is 2.36. The normalized spacial score (nSPS) is 17.4. The minimum atomic E-state index is -0.221. The average Bonchev–Trinajstić information content (AvgIpc) is 2.88. The highest BCUT2D eigenvalue weighted by Gasteiger charge is 2.32. The Hall–Kier alpha value is -1.55. The molecule has 4 nitrogen and oxygen atoms in total. The van der Waals surface area contributed by atoms with Gasteiger partial charge in [0.05, 0.1) is 5.56 Å². The molecule has 0 unspecified atom stereocenters. The number of amides is 1. The molecule has 0 heterocycles. The van der Waals surface area contributed by atoms with E-state index in [1.54, 1.807) is 18.2 Å². The first-order chi connectivity index (χ1) is 9.06. The SMILES string of the molecule is Cc1ccc(O)c(C(=O)NCC2(CN)CCCC2)c1. The van der Waals surface area contributed by atoms with Gasteiger partial charge in [-0.2, -0.15) is 0 Å². The van der Waals surface area contributed by atoms with Gasteiger partial charge in [0.2, 0.25) is 0 Å². The van der Waals surface area contributed by atoms with Crippen molar-refractivity contribution in [2.24, 2.45) is 11.1 Å². The van der Waals surface area contributed by atoms with Crippen LogP contribution >= 0.6 is 0 Å². The molecule has 1 amide bonds. The zero-order chi connectivity index (χ0) is 13.9. The Balaban J connectivity index is 2.03. The maximum absolute atomic E-state index is 12.1. The third-order valence-corrected chi connectivity index (χ3v) is 4.12. The summed E-state index contributed by atoms with van der Waals surface area (Å²) in [5.41, 5.74) is 7.19. The maximum atomic E-state index is 12.1. The van der Waals surface area contributed by atoms with E-state index in [9.17, 15) is 9.90 Å². The summed E-state index contributed by atoms with van der Waals surface area (Å²) >= 11 is 0. The third-order valence-electron chi connectivity index (χ3n) is 4.12. The molecule has 0 radical (unpaired) electrons. The predicted molar refractivity (Wildman–Crippen MR) is 75.1 cm³/mol. The monoisotopic (exact) mass is 262 g/mol. The van der Waals surface area contributed by atoms with E-state index < -0.39 is 0 Å². The van der Waals surface area contributed by atoms with Gasteiger partial charge in [0, 0.05) is 6.54 Å². The van der Waals surface area contributed by atoms with Crippen LogP contribution in [0.1, 0.15) is 41.6 Å². The van der Waals surface area contributed by atoms with Crippen molar-refractivity contribution in [3.63, 3.8) is 0 Å². The highest BCUT2D eigenvalue weighted by molar-refractivity contribution is 5.97. The van der Waals surface area contributed by atoms with Crippen molar-refractivity contribution in [2.75, 3.05) is 13.1 Å². The van der Waals surface area contributed by atoms with Crippen molar-refractivity contribution >= 4 is 5.91 Å². The average molecular weight is 262 g/mol. The Morgan fingerprint density at radius 1 is 1.42 bits per heavy atom. The fourth-order valence-electron chi connectivity index (χ4n) is 2.77. The summed E-state index contributed by atoms with van der Waals surface area (Å²) in [4.78, 5) is 12.1. The molecule has 104 valence electrons. The summed E-state index contributed by atoms with van der Waals surface area (Å²) in [7, 11) is 0. The van der Waals surface area contributed by atoms with E-state index in [1.807, 2.05) is 6.92 Å². The number of phenolic OH excluding ortho intramolecular Hbond substituents is 1. The molecule has 4 N–H and O–H groups in total. The minimum absolute atomic E-state index is 0.0244. The minimum Gasteiger partial charge on any atom is -0.507 e. The molecule has 0 aromatic heterocycles. The van der Waals surface area contributed by atoms with Crippen LogP contribution in [0.5, 0.6) is 5.75 Å². The fraction of sp³-hybridized carbons (Fsp3) is 0.533. The van der Waals surface area contributed by atoms with Crippen LogP contribution in [-0.2, 0) is 0 Å². The Morgan fingerprint density at radius 2 is 2.11 bits per heavy atom. The Morgan fingerprint density at radius 3 is 2.74 bits per heavy atom. The van der Waals surface area contributed by atoms with Crippen LogP contribution in [0.25, 0.3) is 0 Å². The molecule has 2 rings (SSSR count). The number of nitrogens with two attached hydrogens (primary N) is 1. The first-order valence-electron chi connectivity index (χ1n) is 6.84. The lowest BCUT2D eigenvalue weighted by atomic mass is 9.86. The van der Waals surface area contributed by atoms with Crippen LogP contribution < -0.4 is 11.1 Å². The lowest BCUT2D eigenvalue weighted by molar-refractivity contribution is 0.0929. The molecule has 0 spiro atoms. The van der Waals surface area contributed by atoms with Gasteiger partial charge in [-0.25, -0.2) is 0 Å². The molecule has 1 aliphatic rings. The molecule has 0 saturated heterocycles. The van der Waals surface area contributed by atoms with Crippen LogP contribution in [0.2, 0.25) is 0 Å². The summed E-state index contributed by atoms with van der Waals surface area (Å²) in [6.07, 6.45) is 4.51. The van der Waals surface area contributed by atoms with Gasteiger partial charge in [-0.15, -0.1) is 0 Å². The van der Waals surface area contributed by atoms with Gasteiger partial charge in [-0.3, -0.25) is 4.79 Å². The second-order valence-corrected chi connectivity index (χ2v) is 5.61. The van der Waals surface area contributed by atoms with Crippen molar-refractivity contribution < 1.29 is 9.90 Å². The molecule has 1 aliphatic carbocycles. The smallest absolute Gasteiger partial charge is 0.255 e. The molecule has 1 aromatic rings. The lowest BCUT2D eigenvalue weighted by Gasteiger charge is -2.27. The molecule has 0 bridgehead atoms. The standard InChI is InChI=1S/C15H22N2O2/c1-11-4-5-13(18)12(8-11)14(19)17-10-15(9-16)6-2-3-7-15/h4-5,8,18H,2-3,6-7,9-10,16H2,1H3,(H,17,19). The topological polar surface area (TPSA) is 75.3 Å². The number of nitrogens with one attached hydrogen (secondary N) is 1. The number of carbonyl (C=O) groups is 1. The molecular weight excluding hydrogens is 240 g/mol. The molecule has 0 atom stereocenters. The van der Waals surface area contributed by atoms with Gasteiger partial charge < -0.3 is 16.2 Å². The van der Waals surface area contributed by atoms with Crippen LogP contribution in [-0.4, -0.2) is 24.1 Å². The summed E-state index contributed by atoms with van der Waals surface area (Å²) < 4.78 is 0. The number of rotatable bonds is 4. The van der Waals surface area contributed by atoms with Crippen LogP contribution in [0, 0.1) is 12.3 Å². The van der Waals surface area contributed by atoms with Gasteiger partial charge in [0.15, 0.2) is 0 Å². The third kappa shape index (κ3) is 3.07. The quantitative estimate of drug-likeness (QED) is 0.776. The predicted octanol–water partition coefficient (Wildman–Crippen LogP) is 1.95. The first-order valence-corrected chi connectivity index (χ1v) is 6.84. The van der Waals surface area contributed by atoms with E-state index in [4.69, 9.17) is 5.73 Å². The van der Waals surface area contributed by atoms with Crippen molar-refractivity contribution in [3.8, 4) is 5.75 Å². The van der Waals surface area contributed by atoms with E-state index in [0.717, 1.165) is 18.4 Å². The summed E-state index contributed by atoms with van der Waals surface area (Å²) in [6.45, 7) is 3.09. The molecule has 0 aliphatic heterocycles. The van der Waals surface area contributed by atoms with E-state index in [1.165, 1.54) is 12.8 Å². The van der Waals surface area contributed by atoms with Crippen LogP contribution in [0.4, 0.5) is 0 Å². The fourth-order valence-corrected chi connectivity index (χ4v) is 2.77. The molecule has 1 fully saturated rings. The summed E-state index contributed by atoms with van der Waals surface area (Å²) in [5.74, 6) is -0.197. The van der Waals surface area contributed by atoms with Crippen molar-refractivity contribution in [1.29, 1.82) is 0 Å². The van der Waals surface area contributed by atoms with Gasteiger partial charge in [0.25, 0.3) is 5.91 Å². The van der Waals surface area contributed by atoms with E-state index in [-0.39, 0.29) is 17.1 Å². The highest BCUT2D eigenvalue weighted by atomic mass is 16.3. The largest absolute Gasteiger partial charge is 0.507 e. The number of carbonyl (C=O) groups excluding carboxylic acids is 1. The van der Waals surface area contributed by atoms with Crippen molar-refractivity contribution in [2.45, 2.75) is 32.6 Å². The molecule has 4 heteroatoms. The van der Waals surface area contributed by atoms with E-state index in [2.05, 4.69) is 5.32 Å². The van der Waals surface area contributed by atoms with Crippen molar-refractivity contribution in [3.05, 3.63) is 29.3 Å². The van der Waals surface area contributed by atoms with Gasteiger partial charge >= 0.3 is 0 Å². The van der Waals surface area contributed by atoms with Crippen LogP contribution in [0.15, 0.2) is 18.2 Å². The zero-order valence-electron chi connectivity index (χ0n) is 11.4. The maximum Gasteiger partial charge on any atom is 0.255 e. The van der Waals surface area contributed by atoms with Gasteiger partial charge in [0.1, 0.15) is 5.75 Å². The Bertz CT molecular complexity index is 465. The van der Waals surface area contributed by atoms with Gasteiger partial charge in [-0.1, -0.05) is 24.5 Å². The number of hydrogen-bond donors (Lipinski definition) is 3. The van der Waals surface area contributed by atoms with Crippen LogP contribution in [0.3, 0.4) is 0 Å². The molecule has 19 heavy (non-hydrogen) atoms. The van der Waals surface area contributed by atoms with E-state index >= 15 is 0 Å². The summed E-state index contributed by atoms with van der Waals surface area (Å²) in [6, 6.07) is 5.04. The Labute approximate surface area is 114 Å². The lowest BCUT2D eigenvalue weighted by Crippen LogP contribution is -2.40.